The molecule has 0 spiro atoms. The van der Waals surface area contributed by atoms with Crippen LogP contribution in [0.2, 0.25) is 0 Å². The van der Waals surface area contributed by atoms with E-state index in [1.54, 1.807) is 7.11 Å². The lowest BCUT2D eigenvalue weighted by atomic mass is 9.67. The quantitative estimate of drug-likeness (QED) is 0.755. The van der Waals surface area contributed by atoms with E-state index in [4.69, 9.17) is 4.74 Å². The van der Waals surface area contributed by atoms with Crippen LogP contribution in [0, 0.1) is 11.8 Å². The van der Waals surface area contributed by atoms with Crippen molar-refractivity contribution in [2.24, 2.45) is 11.8 Å². The number of nitrogens with one attached hydrogen (secondary N) is 1. The Bertz CT molecular complexity index is 726. The van der Waals surface area contributed by atoms with E-state index in [0.29, 0.717) is 24.5 Å². The summed E-state index contributed by atoms with van der Waals surface area (Å²) in [7, 11) is 1.68. The fraction of sp³-hybridized carbons (Fsp3) is 0.435. The number of ketones is 1. The predicted molar refractivity (Wildman–Crippen MR) is 107 cm³/mol. The van der Waals surface area contributed by atoms with E-state index >= 15 is 0 Å². The van der Waals surface area contributed by atoms with Crippen LogP contribution in [0.15, 0.2) is 54.6 Å². The molecular weight excluding hydrogens is 322 g/mol. The van der Waals surface area contributed by atoms with Gasteiger partial charge in [0.15, 0.2) is 0 Å². The van der Waals surface area contributed by atoms with E-state index in [0.717, 1.165) is 24.3 Å². The van der Waals surface area contributed by atoms with Crippen LogP contribution < -0.4 is 10.1 Å². The van der Waals surface area contributed by atoms with Crippen LogP contribution in [-0.2, 0) is 10.3 Å². The number of methoxy groups -OCH3 is 1. The van der Waals surface area contributed by atoms with Crippen molar-refractivity contribution in [2.45, 2.75) is 45.1 Å². The molecule has 0 bridgehead atoms. The van der Waals surface area contributed by atoms with E-state index in [9.17, 15) is 4.79 Å². The van der Waals surface area contributed by atoms with E-state index in [1.807, 2.05) is 18.2 Å². The van der Waals surface area contributed by atoms with Gasteiger partial charge in [0.05, 0.1) is 12.6 Å². The van der Waals surface area contributed by atoms with Gasteiger partial charge in [0.25, 0.3) is 0 Å². The lowest BCUT2D eigenvalue weighted by molar-refractivity contribution is -0.123. The molecule has 0 heterocycles. The first kappa shape index (κ1) is 18.5. The molecule has 2 aromatic rings. The van der Waals surface area contributed by atoms with Crippen molar-refractivity contribution in [1.29, 1.82) is 0 Å². The van der Waals surface area contributed by atoms with Crippen molar-refractivity contribution >= 4 is 11.5 Å². The number of rotatable bonds is 6. The molecule has 0 amide bonds. The summed E-state index contributed by atoms with van der Waals surface area (Å²) in [5.41, 5.74) is 2.06. The van der Waals surface area contributed by atoms with Crippen molar-refractivity contribution in [3.05, 3.63) is 60.2 Å². The van der Waals surface area contributed by atoms with E-state index in [-0.39, 0.29) is 11.5 Å². The first-order chi connectivity index (χ1) is 12.6. The average molecular weight is 351 g/mol. The number of carbonyl (C=O) groups is 1. The van der Waals surface area contributed by atoms with Gasteiger partial charge in [-0.15, -0.1) is 0 Å². The zero-order valence-electron chi connectivity index (χ0n) is 16.0. The third kappa shape index (κ3) is 3.77. The molecule has 3 heteroatoms. The largest absolute Gasteiger partial charge is 0.497 e. The standard InChI is InChI=1S/C23H29NO2/c1-4-23(18-8-6-5-7-9-18,19-14-17(2)15-21(25)16-19)24-20-10-12-22(26-3)13-11-20/h5-13,17,19,24H,4,14-16H2,1-3H3/t17-,19?,23+/m1/s1. The summed E-state index contributed by atoms with van der Waals surface area (Å²) in [4.78, 5) is 12.4. The second kappa shape index (κ2) is 7.94. The average Bonchev–Trinajstić information content (AvgIpc) is 2.66. The molecule has 1 N–H and O–H groups in total. The van der Waals surface area contributed by atoms with Crippen molar-refractivity contribution in [3.63, 3.8) is 0 Å². The molecular formula is C23H29NO2. The highest BCUT2D eigenvalue weighted by Gasteiger charge is 2.42. The Morgan fingerprint density at radius 3 is 2.35 bits per heavy atom. The molecule has 2 aromatic carbocycles. The predicted octanol–water partition coefficient (Wildman–Crippen LogP) is 5.42. The number of carbonyl (C=O) groups excluding carboxylic acids is 1. The summed E-state index contributed by atoms with van der Waals surface area (Å²) in [6.07, 6.45) is 3.36. The molecule has 3 rings (SSSR count). The Balaban J connectivity index is 2.01. The Kier molecular flexibility index (Phi) is 5.65. The Morgan fingerprint density at radius 1 is 1.08 bits per heavy atom. The zero-order valence-corrected chi connectivity index (χ0v) is 16.0. The molecule has 138 valence electrons. The number of benzene rings is 2. The number of ether oxygens (including phenoxy) is 1. The zero-order chi connectivity index (χ0) is 18.6. The highest BCUT2D eigenvalue weighted by molar-refractivity contribution is 5.80. The molecule has 26 heavy (non-hydrogen) atoms. The third-order valence-electron chi connectivity index (χ3n) is 5.74. The van der Waals surface area contributed by atoms with Gasteiger partial charge in [-0.25, -0.2) is 0 Å². The number of hydrogen-bond acceptors (Lipinski definition) is 3. The van der Waals surface area contributed by atoms with Gasteiger partial charge in [-0.2, -0.15) is 0 Å². The SMILES string of the molecule is CC[C@](Nc1ccc(OC)cc1)(c1ccccc1)C1CC(=O)C[C@H](C)C1. The molecule has 1 saturated carbocycles. The summed E-state index contributed by atoms with van der Waals surface area (Å²) in [6, 6.07) is 18.7. The Labute approximate surface area is 156 Å². The van der Waals surface area contributed by atoms with Gasteiger partial charge in [0.2, 0.25) is 0 Å². The van der Waals surface area contributed by atoms with Crippen LogP contribution in [0.25, 0.3) is 0 Å². The lowest BCUT2D eigenvalue weighted by Gasteiger charge is -2.45. The van der Waals surface area contributed by atoms with Gasteiger partial charge in [-0.1, -0.05) is 44.2 Å². The highest BCUT2D eigenvalue weighted by Crippen LogP contribution is 2.44. The van der Waals surface area contributed by atoms with Gasteiger partial charge < -0.3 is 10.1 Å². The minimum Gasteiger partial charge on any atom is -0.497 e. The molecule has 1 aliphatic rings. The van der Waals surface area contributed by atoms with Crippen LogP contribution >= 0.6 is 0 Å². The van der Waals surface area contributed by atoms with E-state index in [2.05, 4.69) is 55.6 Å². The second-order valence-corrected chi connectivity index (χ2v) is 7.53. The van der Waals surface area contributed by atoms with Crippen molar-refractivity contribution in [1.82, 2.24) is 0 Å². The molecule has 0 radical (unpaired) electrons. The maximum absolute atomic E-state index is 12.4. The van der Waals surface area contributed by atoms with Gasteiger partial charge >= 0.3 is 0 Å². The minimum atomic E-state index is -0.250. The molecule has 0 aromatic heterocycles. The number of hydrogen-bond donors (Lipinski definition) is 1. The monoisotopic (exact) mass is 351 g/mol. The van der Waals surface area contributed by atoms with Crippen LogP contribution in [0.3, 0.4) is 0 Å². The lowest BCUT2D eigenvalue weighted by Crippen LogP contribution is -2.45. The maximum atomic E-state index is 12.4. The summed E-state index contributed by atoms with van der Waals surface area (Å²) in [6.45, 7) is 4.41. The van der Waals surface area contributed by atoms with E-state index in [1.165, 1.54) is 5.56 Å². The van der Waals surface area contributed by atoms with E-state index < -0.39 is 0 Å². The summed E-state index contributed by atoms with van der Waals surface area (Å²) in [5, 5.41) is 3.81. The van der Waals surface area contributed by atoms with Crippen LogP contribution in [-0.4, -0.2) is 12.9 Å². The number of Topliss-reactive ketones (excluding diaryl/α,β-unsaturated/α-hetero) is 1. The smallest absolute Gasteiger partial charge is 0.133 e. The molecule has 1 fully saturated rings. The summed E-state index contributed by atoms with van der Waals surface area (Å²) >= 11 is 0. The summed E-state index contributed by atoms with van der Waals surface area (Å²) < 4.78 is 5.28. The molecule has 1 aliphatic carbocycles. The van der Waals surface area contributed by atoms with Gasteiger partial charge in [-0.3, -0.25) is 4.79 Å². The molecule has 0 saturated heterocycles. The molecule has 0 aliphatic heterocycles. The second-order valence-electron chi connectivity index (χ2n) is 7.53. The topological polar surface area (TPSA) is 38.3 Å². The molecule has 3 atom stereocenters. The first-order valence-electron chi connectivity index (χ1n) is 9.57. The molecule has 1 unspecified atom stereocenters. The maximum Gasteiger partial charge on any atom is 0.133 e. The molecule has 3 nitrogen and oxygen atoms in total. The van der Waals surface area contributed by atoms with Gasteiger partial charge in [0.1, 0.15) is 11.5 Å². The fourth-order valence-corrected chi connectivity index (χ4v) is 4.43. The highest BCUT2D eigenvalue weighted by atomic mass is 16.5. The fourth-order valence-electron chi connectivity index (χ4n) is 4.43. The van der Waals surface area contributed by atoms with Crippen molar-refractivity contribution in [3.8, 4) is 5.75 Å². The number of anilines is 1. The van der Waals surface area contributed by atoms with Crippen molar-refractivity contribution in [2.75, 3.05) is 12.4 Å². The normalized spacial score (nSPS) is 22.5. The van der Waals surface area contributed by atoms with Gasteiger partial charge in [-0.05, 0) is 54.5 Å². The van der Waals surface area contributed by atoms with Crippen LogP contribution in [0.4, 0.5) is 5.69 Å². The first-order valence-corrected chi connectivity index (χ1v) is 9.57. The van der Waals surface area contributed by atoms with Crippen LogP contribution in [0.1, 0.15) is 45.1 Å². The minimum absolute atomic E-state index is 0.250. The van der Waals surface area contributed by atoms with Crippen molar-refractivity contribution < 1.29 is 9.53 Å². The summed E-state index contributed by atoms with van der Waals surface area (Å²) in [5.74, 6) is 1.96. The van der Waals surface area contributed by atoms with Crippen LogP contribution in [0.5, 0.6) is 5.75 Å². The van der Waals surface area contributed by atoms with Gasteiger partial charge in [0, 0.05) is 18.5 Å². The Morgan fingerprint density at radius 2 is 1.77 bits per heavy atom. The third-order valence-corrected chi connectivity index (χ3v) is 5.74. The Hall–Kier alpha value is -2.29.